The van der Waals surface area contributed by atoms with Crippen molar-refractivity contribution in [1.82, 2.24) is 0 Å². The summed E-state index contributed by atoms with van der Waals surface area (Å²) in [5.41, 5.74) is 21.5. The van der Waals surface area contributed by atoms with E-state index in [0.29, 0.717) is 28.7 Å². The molecule has 0 aliphatic carbocycles. The van der Waals surface area contributed by atoms with Crippen LogP contribution in [0.15, 0.2) is 54.6 Å². The molecule has 25 heavy (non-hydrogen) atoms. The van der Waals surface area contributed by atoms with Gasteiger partial charge < -0.3 is 26.7 Å². The minimum absolute atomic E-state index is 0.548. The number of hydrogen-bond donors (Lipinski definition) is 3. The number of anilines is 3. The monoisotopic (exact) mass is 335 g/mol. The number of nitrogens with two attached hydrogens (primary N) is 3. The van der Waals surface area contributed by atoms with Gasteiger partial charge in [-0.15, -0.1) is 0 Å². The van der Waals surface area contributed by atoms with Crippen molar-refractivity contribution in [3.8, 4) is 23.0 Å². The molecule has 0 radical (unpaired) electrons. The predicted octanol–water partition coefficient (Wildman–Crippen LogP) is 4.63. The fourth-order valence-electron chi connectivity index (χ4n) is 2.41. The molecule has 0 amide bonds. The van der Waals surface area contributed by atoms with Crippen LogP contribution in [0, 0.1) is 13.8 Å². The molecule has 0 aliphatic heterocycles. The van der Waals surface area contributed by atoms with Gasteiger partial charge in [0.2, 0.25) is 0 Å². The lowest BCUT2D eigenvalue weighted by Crippen LogP contribution is -1.94. The van der Waals surface area contributed by atoms with Gasteiger partial charge >= 0.3 is 0 Å². The van der Waals surface area contributed by atoms with Crippen molar-refractivity contribution in [1.29, 1.82) is 0 Å². The Balaban J connectivity index is 1.84. The van der Waals surface area contributed by atoms with Crippen LogP contribution in [-0.2, 0) is 0 Å². The summed E-state index contributed by atoms with van der Waals surface area (Å²) in [6.07, 6.45) is 0. The standard InChI is InChI=1S/C20H21N3O2/c1-12-7-15(3-5-19(12)22)24-17-9-14(21)10-18(11-17)25-16-4-6-20(23)13(2)8-16/h3-11H,21-23H2,1-2H3. The maximum Gasteiger partial charge on any atom is 0.133 e. The Hall–Kier alpha value is -3.34. The Kier molecular flexibility index (Phi) is 4.39. The zero-order valence-corrected chi connectivity index (χ0v) is 14.2. The molecule has 0 aliphatic rings. The Morgan fingerprint density at radius 2 is 1.00 bits per heavy atom. The molecule has 6 N–H and O–H groups in total. The highest BCUT2D eigenvalue weighted by Crippen LogP contribution is 2.32. The third kappa shape index (κ3) is 3.95. The summed E-state index contributed by atoms with van der Waals surface area (Å²) in [6.45, 7) is 3.86. The molecule has 0 atom stereocenters. The molecule has 3 aromatic rings. The fraction of sp³-hybridized carbons (Fsp3) is 0.100. The zero-order valence-electron chi connectivity index (χ0n) is 14.2. The first-order valence-electron chi connectivity index (χ1n) is 7.89. The number of hydrogen-bond acceptors (Lipinski definition) is 5. The van der Waals surface area contributed by atoms with Crippen molar-refractivity contribution in [2.45, 2.75) is 13.8 Å². The molecule has 0 saturated carbocycles. The fourth-order valence-corrected chi connectivity index (χ4v) is 2.41. The van der Waals surface area contributed by atoms with E-state index in [2.05, 4.69) is 0 Å². The van der Waals surface area contributed by atoms with Crippen LogP contribution in [0.5, 0.6) is 23.0 Å². The Morgan fingerprint density at radius 3 is 1.40 bits per heavy atom. The molecule has 0 fully saturated rings. The second-order valence-electron chi connectivity index (χ2n) is 5.98. The van der Waals surface area contributed by atoms with E-state index in [1.165, 1.54) is 0 Å². The van der Waals surface area contributed by atoms with Crippen LogP contribution in [0.25, 0.3) is 0 Å². The second kappa shape index (κ2) is 6.65. The normalized spacial score (nSPS) is 10.5. The largest absolute Gasteiger partial charge is 0.457 e. The van der Waals surface area contributed by atoms with Crippen LogP contribution < -0.4 is 26.7 Å². The molecule has 3 aromatic carbocycles. The number of ether oxygens (including phenoxy) is 2. The van der Waals surface area contributed by atoms with Crippen molar-refractivity contribution >= 4 is 17.1 Å². The van der Waals surface area contributed by atoms with Crippen LogP contribution in [0.1, 0.15) is 11.1 Å². The zero-order chi connectivity index (χ0) is 18.0. The van der Waals surface area contributed by atoms with E-state index in [4.69, 9.17) is 26.7 Å². The van der Waals surface area contributed by atoms with Gasteiger partial charge in [0.25, 0.3) is 0 Å². The van der Waals surface area contributed by atoms with Gasteiger partial charge in [-0.2, -0.15) is 0 Å². The Bertz CT molecular complexity index is 851. The third-order valence-corrected chi connectivity index (χ3v) is 3.86. The first kappa shape index (κ1) is 16.5. The molecule has 3 rings (SSSR count). The summed E-state index contributed by atoms with van der Waals surface area (Å²) in [4.78, 5) is 0. The molecule has 128 valence electrons. The first-order valence-corrected chi connectivity index (χ1v) is 7.89. The molecular formula is C20H21N3O2. The minimum Gasteiger partial charge on any atom is -0.457 e. The summed E-state index contributed by atoms with van der Waals surface area (Å²) >= 11 is 0. The SMILES string of the molecule is Cc1cc(Oc2cc(N)cc(Oc3ccc(N)c(C)c3)c2)ccc1N. The molecule has 0 heterocycles. The van der Waals surface area contributed by atoms with Gasteiger partial charge in [-0.1, -0.05) is 0 Å². The maximum atomic E-state index is 5.97. The average molecular weight is 335 g/mol. The predicted molar refractivity (Wildman–Crippen MR) is 102 cm³/mol. The highest BCUT2D eigenvalue weighted by atomic mass is 16.5. The molecule has 5 nitrogen and oxygen atoms in total. The van der Waals surface area contributed by atoms with E-state index in [1.807, 2.05) is 50.2 Å². The van der Waals surface area contributed by atoms with Crippen molar-refractivity contribution in [2.75, 3.05) is 17.2 Å². The van der Waals surface area contributed by atoms with E-state index in [0.717, 1.165) is 22.5 Å². The van der Waals surface area contributed by atoms with Gasteiger partial charge in [0.1, 0.15) is 23.0 Å². The van der Waals surface area contributed by atoms with E-state index in [9.17, 15) is 0 Å². The minimum atomic E-state index is 0.548. The summed E-state index contributed by atoms with van der Waals surface area (Å²) in [5.74, 6) is 2.55. The summed E-state index contributed by atoms with van der Waals surface area (Å²) in [5, 5.41) is 0. The van der Waals surface area contributed by atoms with Crippen molar-refractivity contribution in [3.05, 3.63) is 65.7 Å². The third-order valence-electron chi connectivity index (χ3n) is 3.86. The molecule has 5 heteroatoms. The van der Waals surface area contributed by atoms with E-state index >= 15 is 0 Å². The average Bonchev–Trinajstić information content (AvgIpc) is 2.54. The lowest BCUT2D eigenvalue weighted by molar-refractivity contribution is 0.460. The van der Waals surface area contributed by atoms with E-state index in [-0.39, 0.29) is 0 Å². The highest BCUT2D eigenvalue weighted by Gasteiger charge is 2.06. The van der Waals surface area contributed by atoms with E-state index < -0.39 is 0 Å². The van der Waals surface area contributed by atoms with Gasteiger partial charge in [-0.3, -0.25) is 0 Å². The number of nitrogen functional groups attached to an aromatic ring is 3. The summed E-state index contributed by atoms with van der Waals surface area (Å²) in [6, 6.07) is 16.3. The van der Waals surface area contributed by atoms with Gasteiger partial charge in [-0.05, 0) is 61.4 Å². The highest BCUT2D eigenvalue weighted by molar-refractivity contribution is 5.55. The summed E-state index contributed by atoms with van der Waals surface area (Å²) in [7, 11) is 0. The first-order chi connectivity index (χ1) is 11.9. The van der Waals surface area contributed by atoms with Gasteiger partial charge in [0, 0.05) is 35.3 Å². The molecule has 0 saturated heterocycles. The maximum absolute atomic E-state index is 5.97. The van der Waals surface area contributed by atoms with Gasteiger partial charge in [0.15, 0.2) is 0 Å². The quantitative estimate of drug-likeness (QED) is 0.604. The molecule has 0 bridgehead atoms. The number of benzene rings is 3. The Labute approximate surface area is 147 Å². The van der Waals surface area contributed by atoms with Crippen LogP contribution in [0.2, 0.25) is 0 Å². The number of rotatable bonds is 4. The molecule has 0 spiro atoms. The second-order valence-corrected chi connectivity index (χ2v) is 5.98. The van der Waals surface area contributed by atoms with Crippen LogP contribution in [0.3, 0.4) is 0 Å². The molecular weight excluding hydrogens is 314 g/mol. The van der Waals surface area contributed by atoms with Crippen molar-refractivity contribution in [2.24, 2.45) is 0 Å². The number of aryl methyl sites for hydroxylation is 2. The molecule has 0 aromatic heterocycles. The molecule has 0 unspecified atom stereocenters. The Morgan fingerprint density at radius 1 is 0.560 bits per heavy atom. The smallest absolute Gasteiger partial charge is 0.133 e. The summed E-state index contributed by atoms with van der Waals surface area (Å²) < 4.78 is 11.8. The van der Waals surface area contributed by atoms with Crippen LogP contribution in [0.4, 0.5) is 17.1 Å². The van der Waals surface area contributed by atoms with Crippen LogP contribution >= 0.6 is 0 Å². The topological polar surface area (TPSA) is 96.5 Å². The van der Waals surface area contributed by atoms with E-state index in [1.54, 1.807) is 18.2 Å². The van der Waals surface area contributed by atoms with Gasteiger partial charge in [0.05, 0.1) is 0 Å². The van der Waals surface area contributed by atoms with Gasteiger partial charge in [-0.25, -0.2) is 0 Å². The van der Waals surface area contributed by atoms with Crippen molar-refractivity contribution in [3.63, 3.8) is 0 Å². The lowest BCUT2D eigenvalue weighted by atomic mass is 10.2. The lowest BCUT2D eigenvalue weighted by Gasteiger charge is -2.12. The van der Waals surface area contributed by atoms with Crippen molar-refractivity contribution < 1.29 is 9.47 Å². The van der Waals surface area contributed by atoms with Crippen LogP contribution in [-0.4, -0.2) is 0 Å².